The predicted octanol–water partition coefficient (Wildman–Crippen LogP) is 7.50. The maximum absolute atomic E-state index is 12.2. The summed E-state index contributed by atoms with van der Waals surface area (Å²) in [5.41, 5.74) is 6.88. The van der Waals surface area contributed by atoms with E-state index >= 15 is 0 Å². The molecule has 1 N–H and O–H groups in total. The van der Waals surface area contributed by atoms with Gasteiger partial charge in [0.1, 0.15) is 11.5 Å². The molecule has 0 aliphatic heterocycles. The molecule has 4 heteroatoms. The lowest BCUT2D eigenvalue weighted by Gasteiger charge is -2.14. The Balaban J connectivity index is 1.16. The van der Waals surface area contributed by atoms with Crippen LogP contribution in [0.4, 0.5) is 0 Å². The van der Waals surface area contributed by atoms with Crippen molar-refractivity contribution in [2.45, 2.75) is 45.8 Å². The highest BCUT2D eigenvalue weighted by Gasteiger charge is 2.09. The lowest BCUT2D eigenvalue weighted by molar-refractivity contribution is -0.134. The maximum atomic E-state index is 12.2. The van der Waals surface area contributed by atoms with Gasteiger partial charge in [0.2, 0.25) is 0 Å². The van der Waals surface area contributed by atoms with E-state index in [2.05, 4.69) is 62.4 Å². The third kappa shape index (κ3) is 7.30. The van der Waals surface area contributed by atoms with Crippen LogP contribution in [0.2, 0.25) is 0 Å². The number of aliphatic hydroxyl groups is 1. The number of ether oxygens (including phenoxy) is 2. The molecule has 1 unspecified atom stereocenters. The van der Waals surface area contributed by atoms with Gasteiger partial charge in [-0.05, 0) is 73.2 Å². The van der Waals surface area contributed by atoms with Gasteiger partial charge < -0.3 is 14.6 Å². The number of unbranched alkanes of at least 4 members (excludes halogenated alkanes) is 1. The predicted molar refractivity (Wildman–Crippen MR) is 144 cm³/mol. The fourth-order valence-electron chi connectivity index (χ4n) is 3.92. The van der Waals surface area contributed by atoms with Crippen molar-refractivity contribution in [1.29, 1.82) is 0 Å². The minimum absolute atomic E-state index is 0.278. The van der Waals surface area contributed by atoms with E-state index in [1.165, 1.54) is 11.1 Å². The van der Waals surface area contributed by atoms with Crippen molar-refractivity contribution in [3.8, 4) is 33.8 Å². The number of benzene rings is 4. The zero-order valence-electron chi connectivity index (χ0n) is 20.8. The second-order valence-corrected chi connectivity index (χ2v) is 9.07. The largest absolute Gasteiger partial charge is 0.465 e. The molecule has 0 fully saturated rings. The number of rotatable bonds is 10. The molecule has 184 valence electrons. The summed E-state index contributed by atoms with van der Waals surface area (Å²) in [6.45, 7) is 4.13. The van der Waals surface area contributed by atoms with E-state index in [4.69, 9.17) is 9.47 Å². The summed E-state index contributed by atoms with van der Waals surface area (Å²) >= 11 is 0. The average Bonchev–Trinajstić information content (AvgIpc) is 2.89. The molecule has 0 radical (unpaired) electrons. The number of aliphatic hydroxyl groups excluding tert-OH is 1. The minimum Gasteiger partial charge on any atom is -0.465 e. The summed E-state index contributed by atoms with van der Waals surface area (Å²) in [7, 11) is 0. The van der Waals surface area contributed by atoms with E-state index in [-0.39, 0.29) is 12.4 Å². The Labute approximate surface area is 213 Å². The normalized spacial score (nSPS) is 11.6. The average molecular weight is 481 g/mol. The first kappa shape index (κ1) is 25.2. The first-order valence-electron chi connectivity index (χ1n) is 12.4. The van der Waals surface area contributed by atoms with E-state index in [0.29, 0.717) is 30.8 Å². The minimum atomic E-state index is -0.916. The van der Waals surface area contributed by atoms with Crippen LogP contribution in [0.15, 0.2) is 97.1 Å². The van der Waals surface area contributed by atoms with Gasteiger partial charge in [-0.25, -0.2) is 0 Å². The van der Waals surface area contributed by atoms with E-state index in [1.807, 2.05) is 48.5 Å². The molecule has 0 saturated carbocycles. The maximum Gasteiger partial charge on any atom is 0.311 e. The van der Waals surface area contributed by atoms with E-state index in [1.54, 1.807) is 0 Å². The van der Waals surface area contributed by atoms with E-state index in [9.17, 15) is 9.90 Å². The Morgan fingerprint density at radius 2 is 1.06 bits per heavy atom. The molecule has 4 nitrogen and oxygen atoms in total. The topological polar surface area (TPSA) is 55.8 Å². The van der Waals surface area contributed by atoms with Crippen LogP contribution in [0.1, 0.15) is 36.8 Å². The molecule has 4 aromatic carbocycles. The Kier molecular flexibility index (Phi) is 8.53. The lowest BCUT2D eigenvalue weighted by Crippen LogP contribution is -2.15. The fourth-order valence-corrected chi connectivity index (χ4v) is 3.92. The van der Waals surface area contributed by atoms with Crippen LogP contribution in [0.3, 0.4) is 0 Å². The van der Waals surface area contributed by atoms with Gasteiger partial charge in [0.25, 0.3) is 0 Å². The highest BCUT2D eigenvalue weighted by atomic mass is 16.6. The third-order valence-corrected chi connectivity index (χ3v) is 6.06. The molecule has 0 bridgehead atoms. The van der Waals surface area contributed by atoms with Gasteiger partial charge in [0.15, 0.2) is 6.29 Å². The van der Waals surface area contributed by atoms with Crippen molar-refractivity contribution in [3.05, 3.63) is 108 Å². The van der Waals surface area contributed by atoms with Crippen molar-refractivity contribution in [1.82, 2.24) is 0 Å². The molecular weight excluding hydrogens is 448 g/mol. The van der Waals surface area contributed by atoms with Gasteiger partial charge in [0.05, 0.1) is 0 Å². The smallest absolute Gasteiger partial charge is 0.311 e. The molecule has 36 heavy (non-hydrogen) atoms. The highest BCUT2D eigenvalue weighted by molar-refractivity contribution is 5.73. The van der Waals surface area contributed by atoms with Crippen molar-refractivity contribution in [2.75, 3.05) is 0 Å². The molecule has 0 aliphatic carbocycles. The van der Waals surface area contributed by atoms with Gasteiger partial charge >= 0.3 is 5.97 Å². The zero-order chi connectivity index (χ0) is 25.3. The van der Waals surface area contributed by atoms with Crippen molar-refractivity contribution < 1.29 is 19.4 Å². The van der Waals surface area contributed by atoms with Crippen molar-refractivity contribution in [2.24, 2.45) is 0 Å². The number of esters is 1. The van der Waals surface area contributed by atoms with Crippen LogP contribution >= 0.6 is 0 Å². The Bertz CT molecular complexity index is 1240. The SMILES string of the molecule is Cc1ccc(-c2ccc(OC(=O)CCCCC(O)Oc3ccc(-c4ccc(C)cc4)cc3)cc2)cc1. The highest BCUT2D eigenvalue weighted by Crippen LogP contribution is 2.25. The van der Waals surface area contributed by atoms with Crippen LogP contribution in [0, 0.1) is 13.8 Å². The molecule has 0 aliphatic rings. The third-order valence-electron chi connectivity index (χ3n) is 6.06. The molecular formula is C32H32O4. The standard InChI is InChI=1S/C32H32O4/c1-23-7-11-25(12-8-23)27-15-19-29(20-16-27)35-31(33)5-3-4-6-32(34)36-30-21-17-28(18-22-30)26-13-9-24(2)10-14-26/h7-22,31,33H,3-6H2,1-2H3. The number of hydrogen-bond donors (Lipinski definition) is 1. The summed E-state index contributed by atoms with van der Waals surface area (Å²) < 4.78 is 11.1. The van der Waals surface area contributed by atoms with Crippen LogP contribution in [-0.4, -0.2) is 17.4 Å². The van der Waals surface area contributed by atoms with Gasteiger partial charge in [-0.1, -0.05) is 83.9 Å². The molecule has 0 saturated heterocycles. The molecule has 0 amide bonds. The molecule has 0 heterocycles. The summed E-state index contributed by atoms with van der Waals surface area (Å²) in [5.74, 6) is 0.875. The quantitative estimate of drug-likeness (QED) is 0.110. The summed E-state index contributed by atoms with van der Waals surface area (Å²) in [6.07, 6.45) is 1.09. The molecule has 0 spiro atoms. The number of aryl methyl sites for hydroxylation is 2. The Morgan fingerprint density at radius 3 is 1.53 bits per heavy atom. The summed E-state index contributed by atoms with van der Waals surface area (Å²) in [6, 6.07) is 31.9. The molecule has 4 aromatic rings. The second kappa shape index (κ2) is 12.2. The number of carbonyl (C=O) groups excluding carboxylic acids is 1. The fraction of sp³-hybridized carbons (Fsp3) is 0.219. The van der Waals surface area contributed by atoms with E-state index in [0.717, 1.165) is 22.3 Å². The van der Waals surface area contributed by atoms with Gasteiger partial charge in [0, 0.05) is 12.8 Å². The van der Waals surface area contributed by atoms with Crippen molar-refractivity contribution >= 4 is 5.97 Å². The first-order chi connectivity index (χ1) is 17.5. The van der Waals surface area contributed by atoms with Crippen LogP contribution in [-0.2, 0) is 4.79 Å². The van der Waals surface area contributed by atoms with Crippen LogP contribution in [0.5, 0.6) is 11.5 Å². The van der Waals surface area contributed by atoms with Gasteiger partial charge in [-0.3, -0.25) is 4.79 Å². The van der Waals surface area contributed by atoms with Crippen LogP contribution in [0.25, 0.3) is 22.3 Å². The summed E-state index contributed by atoms with van der Waals surface area (Å²) in [5, 5.41) is 10.2. The van der Waals surface area contributed by atoms with Gasteiger partial charge in [-0.2, -0.15) is 0 Å². The second-order valence-electron chi connectivity index (χ2n) is 9.07. The number of hydrogen-bond acceptors (Lipinski definition) is 4. The van der Waals surface area contributed by atoms with E-state index < -0.39 is 6.29 Å². The first-order valence-corrected chi connectivity index (χ1v) is 12.4. The molecule has 0 aromatic heterocycles. The van der Waals surface area contributed by atoms with Crippen molar-refractivity contribution in [3.63, 3.8) is 0 Å². The summed E-state index contributed by atoms with van der Waals surface area (Å²) in [4.78, 5) is 12.2. The van der Waals surface area contributed by atoms with Crippen LogP contribution < -0.4 is 9.47 Å². The zero-order valence-corrected chi connectivity index (χ0v) is 20.8. The van der Waals surface area contributed by atoms with Gasteiger partial charge in [-0.15, -0.1) is 0 Å². The monoisotopic (exact) mass is 480 g/mol. The Hall–Kier alpha value is -3.89. The molecule has 4 rings (SSSR count). The molecule has 1 atom stereocenters. The number of carbonyl (C=O) groups is 1. The lowest BCUT2D eigenvalue weighted by atomic mass is 10.0. The Morgan fingerprint density at radius 1 is 0.639 bits per heavy atom.